The summed E-state index contributed by atoms with van der Waals surface area (Å²) in [6.07, 6.45) is 2.27. The van der Waals surface area contributed by atoms with E-state index in [1.54, 1.807) is 23.9 Å². The lowest BCUT2D eigenvalue weighted by molar-refractivity contribution is -0.0432. The van der Waals surface area contributed by atoms with Gasteiger partial charge in [0, 0.05) is 23.1 Å². The van der Waals surface area contributed by atoms with Crippen LogP contribution in [-0.2, 0) is 4.74 Å². The molecule has 0 spiro atoms. The number of fused-ring (bicyclic) bond motifs is 1. The van der Waals surface area contributed by atoms with Gasteiger partial charge in [0.15, 0.2) is 5.65 Å². The average Bonchev–Trinajstić information content (AvgIpc) is 3.25. The Kier molecular flexibility index (Phi) is 3.42. The molecule has 3 atom stereocenters. The second-order valence-corrected chi connectivity index (χ2v) is 6.22. The van der Waals surface area contributed by atoms with Crippen molar-refractivity contribution in [1.82, 2.24) is 14.5 Å². The molecule has 22 heavy (non-hydrogen) atoms. The van der Waals surface area contributed by atoms with Crippen molar-refractivity contribution in [1.29, 1.82) is 0 Å². The van der Waals surface area contributed by atoms with Crippen LogP contribution < -0.4 is 0 Å². The number of pyridine rings is 1. The zero-order valence-corrected chi connectivity index (χ0v) is 12.5. The van der Waals surface area contributed by atoms with Gasteiger partial charge in [-0.15, -0.1) is 11.3 Å². The van der Waals surface area contributed by atoms with E-state index in [0.717, 1.165) is 21.6 Å². The molecule has 114 valence electrons. The first-order chi connectivity index (χ1) is 10.8. The third kappa shape index (κ3) is 2.14. The van der Waals surface area contributed by atoms with Crippen molar-refractivity contribution < 1.29 is 14.9 Å². The normalized spacial score (nSPS) is 25.1. The molecule has 6 nitrogen and oxygen atoms in total. The van der Waals surface area contributed by atoms with E-state index in [1.807, 2.05) is 22.1 Å². The van der Waals surface area contributed by atoms with E-state index >= 15 is 0 Å². The molecule has 0 aliphatic carbocycles. The van der Waals surface area contributed by atoms with Crippen LogP contribution in [0.5, 0.6) is 0 Å². The number of hydrogen-bond donors (Lipinski definition) is 2. The number of aliphatic hydroxyl groups excluding tert-OH is 2. The quantitative estimate of drug-likeness (QED) is 0.770. The standard InChI is InChI=1S/C15H15N3O3S/c19-7-11-10(20)6-13(21-11)18-8-17-14-9(3-4-16-15(14)18)12-2-1-5-22-12/h1-5,8,10-11,13,19-20H,6-7H2/t10-,11-,13-/m1/s1. The molecule has 1 aliphatic rings. The summed E-state index contributed by atoms with van der Waals surface area (Å²) in [4.78, 5) is 10.0. The Bertz CT molecular complexity index is 787. The number of nitrogens with zero attached hydrogens (tertiary/aromatic N) is 3. The molecule has 3 aromatic heterocycles. The third-order valence-electron chi connectivity index (χ3n) is 3.94. The van der Waals surface area contributed by atoms with E-state index < -0.39 is 12.2 Å². The Balaban J connectivity index is 1.77. The van der Waals surface area contributed by atoms with Crippen LogP contribution in [0.1, 0.15) is 12.6 Å². The Morgan fingerprint density at radius 2 is 2.27 bits per heavy atom. The topological polar surface area (TPSA) is 80.4 Å². The van der Waals surface area contributed by atoms with Crippen molar-refractivity contribution in [2.75, 3.05) is 6.61 Å². The van der Waals surface area contributed by atoms with Gasteiger partial charge >= 0.3 is 0 Å². The Hall–Kier alpha value is -1.80. The Labute approximate surface area is 130 Å². The van der Waals surface area contributed by atoms with Crippen molar-refractivity contribution in [3.8, 4) is 10.4 Å². The molecular weight excluding hydrogens is 302 g/mol. The minimum absolute atomic E-state index is 0.196. The average molecular weight is 317 g/mol. The summed E-state index contributed by atoms with van der Waals surface area (Å²) < 4.78 is 7.52. The molecule has 0 amide bonds. The summed E-state index contributed by atoms with van der Waals surface area (Å²) in [6, 6.07) is 6.01. The lowest BCUT2D eigenvalue weighted by atomic mass is 10.2. The van der Waals surface area contributed by atoms with E-state index in [0.29, 0.717) is 6.42 Å². The highest BCUT2D eigenvalue weighted by Gasteiger charge is 2.35. The fraction of sp³-hybridized carbons (Fsp3) is 0.333. The van der Waals surface area contributed by atoms with E-state index in [4.69, 9.17) is 4.74 Å². The monoisotopic (exact) mass is 317 g/mol. The smallest absolute Gasteiger partial charge is 0.162 e. The highest BCUT2D eigenvalue weighted by Crippen LogP contribution is 2.34. The van der Waals surface area contributed by atoms with Crippen molar-refractivity contribution in [2.24, 2.45) is 0 Å². The maximum absolute atomic E-state index is 9.90. The highest BCUT2D eigenvalue weighted by atomic mass is 32.1. The number of rotatable bonds is 3. The first kappa shape index (κ1) is 13.8. The van der Waals surface area contributed by atoms with Gasteiger partial charge in [0.2, 0.25) is 0 Å². The van der Waals surface area contributed by atoms with E-state index in [9.17, 15) is 10.2 Å². The number of thiophene rings is 1. The number of ether oxygens (including phenoxy) is 1. The predicted molar refractivity (Wildman–Crippen MR) is 82.5 cm³/mol. The molecule has 1 saturated heterocycles. The Morgan fingerprint density at radius 3 is 3.00 bits per heavy atom. The molecule has 4 rings (SSSR count). The maximum atomic E-state index is 9.90. The predicted octanol–water partition coefficient (Wildman–Crippen LogP) is 1.80. The van der Waals surface area contributed by atoms with Gasteiger partial charge in [-0.2, -0.15) is 0 Å². The molecule has 4 heterocycles. The van der Waals surface area contributed by atoms with Gasteiger partial charge in [-0.05, 0) is 17.5 Å². The van der Waals surface area contributed by atoms with Gasteiger partial charge in [0.1, 0.15) is 17.8 Å². The highest BCUT2D eigenvalue weighted by molar-refractivity contribution is 7.13. The zero-order valence-electron chi connectivity index (χ0n) is 11.7. The minimum Gasteiger partial charge on any atom is -0.394 e. The first-order valence-electron chi connectivity index (χ1n) is 7.07. The lowest BCUT2D eigenvalue weighted by Gasteiger charge is -2.13. The molecule has 3 aromatic rings. The lowest BCUT2D eigenvalue weighted by Crippen LogP contribution is -2.24. The maximum Gasteiger partial charge on any atom is 0.162 e. The second kappa shape index (κ2) is 5.44. The van der Waals surface area contributed by atoms with Crippen LogP contribution in [0.3, 0.4) is 0 Å². The van der Waals surface area contributed by atoms with E-state index in [1.165, 1.54) is 0 Å². The van der Waals surface area contributed by atoms with Crippen molar-refractivity contribution in [3.63, 3.8) is 0 Å². The molecule has 0 saturated carbocycles. The van der Waals surface area contributed by atoms with Crippen LogP contribution in [0.15, 0.2) is 36.1 Å². The molecule has 0 radical (unpaired) electrons. The van der Waals surface area contributed by atoms with Gasteiger partial charge < -0.3 is 14.9 Å². The summed E-state index contributed by atoms with van der Waals surface area (Å²) >= 11 is 1.66. The largest absolute Gasteiger partial charge is 0.394 e. The molecule has 0 aromatic carbocycles. The molecule has 2 N–H and O–H groups in total. The van der Waals surface area contributed by atoms with Gasteiger partial charge in [-0.3, -0.25) is 4.57 Å². The molecule has 1 aliphatic heterocycles. The number of aromatic nitrogens is 3. The fourth-order valence-corrected chi connectivity index (χ4v) is 3.58. The Morgan fingerprint density at radius 1 is 1.36 bits per heavy atom. The summed E-state index contributed by atoms with van der Waals surface area (Å²) in [5.74, 6) is 0. The van der Waals surface area contributed by atoms with Gasteiger partial charge in [0.25, 0.3) is 0 Å². The van der Waals surface area contributed by atoms with Crippen LogP contribution in [0.2, 0.25) is 0 Å². The molecule has 0 bridgehead atoms. The van der Waals surface area contributed by atoms with Crippen LogP contribution in [0.25, 0.3) is 21.6 Å². The molecular formula is C15H15N3O3S. The zero-order chi connectivity index (χ0) is 15.1. The molecule has 0 unspecified atom stereocenters. The number of hydrogen-bond acceptors (Lipinski definition) is 6. The van der Waals surface area contributed by atoms with Crippen molar-refractivity contribution in [3.05, 3.63) is 36.1 Å². The van der Waals surface area contributed by atoms with Gasteiger partial charge in [0.05, 0.1) is 19.0 Å². The fourth-order valence-electron chi connectivity index (χ4n) is 2.83. The summed E-state index contributed by atoms with van der Waals surface area (Å²) in [7, 11) is 0. The third-order valence-corrected chi connectivity index (χ3v) is 4.84. The van der Waals surface area contributed by atoms with Crippen molar-refractivity contribution in [2.45, 2.75) is 24.9 Å². The minimum atomic E-state index is -0.673. The van der Waals surface area contributed by atoms with E-state index in [2.05, 4.69) is 16.0 Å². The molecule has 1 fully saturated rings. The first-order valence-corrected chi connectivity index (χ1v) is 7.95. The van der Waals surface area contributed by atoms with Crippen LogP contribution >= 0.6 is 11.3 Å². The van der Waals surface area contributed by atoms with E-state index in [-0.39, 0.29) is 12.8 Å². The summed E-state index contributed by atoms with van der Waals surface area (Å²) in [6.45, 7) is -0.196. The summed E-state index contributed by atoms with van der Waals surface area (Å²) in [5.41, 5.74) is 2.58. The van der Waals surface area contributed by atoms with Crippen LogP contribution in [0.4, 0.5) is 0 Å². The van der Waals surface area contributed by atoms with Crippen LogP contribution in [0, 0.1) is 0 Å². The number of aliphatic hydroxyl groups is 2. The SMILES string of the molecule is OC[C@H]1O[C@@H](n2cnc3c(-c4cccs4)ccnc32)C[C@H]1O. The van der Waals surface area contributed by atoms with Crippen molar-refractivity contribution >= 4 is 22.5 Å². The summed E-state index contributed by atoms with van der Waals surface area (Å²) in [5, 5.41) is 21.1. The number of imidazole rings is 1. The van der Waals surface area contributed by atoms with Gasteiger partial charge in [-0.25, -0.2) is 9.97 Å². The van der Waals surface area contributed by atoms with Gasteiger partial charge in [-0.1, -0.05) is 6.07 Å². The van der Waals surface area contributed by atoms with Crippen LogP contribution in [-0.4, -0.2) is 43.6 Å². The molecule has 7 heteroatoms. The second-order valence-electron chi connectivity index (χ2n) is 5.27.